The number of thioether (sulfide) groups is 2. The van der Waals surface area contributed by atoms with Crippen molar-refractivity contribution < 1.29 is 0 Å². The maximum Gasteiger partial charge on any atom is 0.150 e. The third-order valence-corrected chi connectivity index (χ3v) is 9.64. The first-order chi connectivity index (χ1) is 8.28. The van der Waals surface area contributed by atoms with Crippen LogP contribution in [-0.4, -0.2) is 56.4 Å². The Balaban J connectivity index is 3.52. The van der Waals surface area contributed by atoms with Gasteiger partial charge in [0.15, 0.2) is 5.08 Å². The van der Waals surface area contributed by atoms with Gasteiger partial charge >= 0.3 is 0 Å². The van der Waals surface area contributed by atoms with Crippen LogP contribution in [0.4, 0.5) is 0 Å². The molecule has 0 saturated heterocycles. The zero-order valence-electron chi connectivity index (χ0n) is 9.95. The van der Waals surface area contributed by atoms with Gasteiger partial charge in [0.25, 0.3) is 0 Å². The van der Waals surface area contributed by atoms with Gasteiger partial charge < -0.3 is 0 Å². The highest BCUT2D eigenvalue weighted by Gasteiger charge is 2.15. The molecule has 104 valence electrons. The first-order valence-corrected chi connectivity index (χ1v) is 12.0. The summed E-state index contributed by atoms with van der Waals surface area (Å²) in [7, 11) is 0.475. The van der Waals surface area contributed by atoms with E-state index in [1.165, 1.54) is 23.0 Å². The predicted octanol–water partition coefficient (Wildman–Crippen LogP) is 3.12. The SMILES string of the molecule is SCCSC(CS)CSCC[S+](CS)CCS. The molecule has 0 saturated carbocycles. The van der Waals surface area contributed by atoms with Gasteiger partial charge in [-0.1, -0.05) is 0 Å². The highest BCUT2D eigenvalue weighted by atomic mass is 32.2. The van der Waals surface area contributed by atoms with E-state index in [0.29, 0.717) is 16.1 Å². The van der Waals surface area contributed by atoms with Crippen molar-refractivity contribution in [2.45, 2.75) is 5.25 Å². The lowest BCUT2D eigenvalue weighted by atomic mass is 10.5. The van der Waals surface area contributed by atoms with Crippen molar-refractivity contribution in [2.24, 2.45) is 0 Å². The molecule has 0 nitrogen and oxygen atoms in total. The first-order valence-electron chi connectivity index (χ1n) is 5.55. The fourth-order valence-electron chi connectivity index (χ4n) is 1.12. The van der Waals surface area contributed by atoms with E-state index in [-0.39, 0.29) is 0 Å². The molecular weight excluding hydrogens is 345 g/mol. The second-order valence-corrected chi connectivity index (χ2v) is 10.2. The Bertz CT molecular complexity index is 156. The van der Waals surface area contributed by atoms with Crippen LogP contribution in [-0.2, 0) is 10.9 Å². The number of hydrogen-bond acceptors (Lipinski definition) is 6. The van der Waals surface area contributed by atoms with Crippen molar-refractivity contribution in [3.8, 4) is 0 Å². The van der Waals surface area contributed by atoms with Crippen LogP contribution >= 0.6 is 74.0 Å². The molecule has 2 unspecified atom stereocenters. The van der Waals surface area contributed by atoms with Crippen molar-refractivity contribution >= 4 is 84.9 Å². The highest BCUT2D eigenvalue weighted by Crippen LogP contribution is 2.18. The molecule has 2 atom stereocenters. The fourth-order valence-corrected chi connectivity index (χ4v) is 7.51. The summed E-state index contributed by atoms with van der Waals surface area (Å²) in [6.45, 7) is 0. The van der Waals surface area contributed by atoms with E-state index in [1.54, 1.807) is 0 Å². The molecule has 0 aromatic rings. The van der Waals surface area contributed by atoms with Gasteiger partial charge in [0.05, 0.1) is 0 Å². The highest BCUT2D eigenvalue weighted by molar-refractivity contribution is 8.08. The molecule has 0 bridgehead atoms. The lowest BCUT2D eigenvalue weighted by Crippen LogP contribution is -2.17. The van der Waals surface area contributed by atoms with Crippen LogP contribution in [0.15, 0.2) is 0 Å². The van der Waals surface area contributed by atoms with Gasteiger partial charge in [0.1, 0.15) is 11.5 Å². The predicted molar refractivity (Wildman–Crippen MR) is 106 cm³/mol. The Kier molecular flexibility index (Phi) is 17.0. The van der Waals surface area contributed by atoms with E-state index in [9.17, 15) is 0 Å². The smallest absolute Gasteiger partial charge is 0.150 e. The summed E-state index contributed by atoms with van der Waals surface area (Å²) >= 11 is 21.4. The average Bonchev–Trinajstić information content (AvgIpc) is 2.36. The van der Waals surface area contributed by atoms with Crippen LogP contribution in [0.25, 0.3) is 0 Å². The Hall–Kier alpha value is 2.45. The molecule has 0 heterocycles. The molecule has 0 amide bonds. The zero-order chi connectivity index (χ0) is 12.9. The third kappa shape index (κ3) is 11.9. The van der Waals surface area contributed by atoms with Gasteiger partial charge in [0, 0.05) is 34.0 Å². The summed E-state index contributed by atoms with van der Waals surface area (Å²) in [4.78, 5) is 0. The number of hydrogen-bond donors (Lipinski definition) is 4. The molecule has 0 aliphatic heterocycles. The quantitative estimate of drug-likeness (QED) is 0.238. The first kappa shape index (κ1) is 19.4. The van der Waals surface area contributed by atoms with Gasteiger partial charge in [-0.3, -0.25) is 0 Å². The molecular formula is C10H23S7+. The van der Waals surface area contributed by atoms with Crippen molar-refractivity contribution in [2.75, 3.05) is 51.1 Å². The Morgan fingerprint density at radius 3 is 2.24 bits per heavy atom. The largest absolute Gasteiger partial charge is 0.179 e. The van der Waals surface area contributed by atoms with E-state index in [4.69, 9.17) is 0 Å². The topological polar surface area (TPSA) is 0 Å². The van der Waals surface area contributed by atoms with E-state index in [1.807, 2.05) is 11.8 Å². The summed E-state index contributed by atoms with van der Waals surface area (Å²) in [6, 6.07) is 0. The monoisotopic (exact) mass is 367 g/mol. The second kappa shape index (κ2) is 14.9. The molecule has 7 heteroatoms. The van der Waals surface area contributed by atoms with Gasteiger partial charge in [-0.05, 0) is 16.6 Å². The summed E-state index contributed by atoms with van der Waals surface area (Å²) in [5, 5.41) is 1.70. The maximum atomic E-state index is 4.40. The minimum absolute atomic E-state index is 0.475. The molecule has 0 N–H and O–H groups in total. The normalized spacial score (nSPS) is 14.8. The van der Waals surface area contributed by atoms with Crippen molar-refractivity contribution in [3.63, 3.8) is 0 Å². The van der Waals surface area contributed by atoms with Gasteiger partial charge in [-0.2, -0.15) is 61.4 Å². The number of thiol groups is 4. The third-order valence-electron chi connectivity index (χ3n) is 2.03. The summed E-state index contributed by atoms with van der Waals surface area (Å²) in [5.74, 6) is 9.05. The Morgan fingerprint density at radius 1 is 0.941 bits per heavy atom. The van der Waals surface area contributed by atoms with Crippen LogP contribution in [0.1, 0.15) is 0 Å². The molecule has 0 fully saturated rings. The van der Waals surface area contributed by atoms with Gasteiger partial charge in [-0.25, -0.2) is 0 Å². The lowest BCUT2D eigenvalue weighted by molar-refractivity contribution is 1.15. The Labute approximate surface area is 140 Å². The molecule has 0 rings (SSSR count). The Morgan fingerprint density at radius 2 is 1.71 bits per heavy atom. The average molecular weight is 368 g/mol. The molecule has 0 aliphatic rings. The standard InChI is InChI=1S/C10H22S7/c11-1-3-16-10(7-13)8-15-4-6-17(9-14)5-2-12/h10H,1-9H2,(H3-,11,12,13,14)/p+1. The van der Waals surface area contributed by atoms with E-state index < -0.39 is 0 Å². The van der Waals surface area contributed by atoms with Crippen molar-refractivity contribution in [3.05, 3.63) is 0 Å². The van der Waals surface area contributed by atoms with E-state index in [2.05, 4.69) is 62.3 Å². The van der Waals surface area contributed by atoms with E-state index in [0.717, 1.165) is 28.1 Å². The molecule has 17 heavy (non-hydrogen) atoms. The van der Waals surface area contributed by atoms with Crippen molar-refractivity contribution in [1.82, 2.24) is 0 Å². The molecule has 0 spiro atoms. The maximum absolute atomic E-state index is 4.40. The van der Waals surface area contributed by atoms with Gasteiger partial charge in [0.2, 0.25) is 0 Å². The lowest BCUT2D eigenvalue weighted by Gasteiger charge is -2.12. The van der Waals surface area contributed by atoms with Crippen LogP contribution < -0.4 is 0 Å². The number of rotatable bonds is 12. The van der Waals surface area contributed by atoms with Crippen LogP contribution in [0.3, 0.4) is 0 Å². The second-order valence-electron chi connectivity index (χ2n) is 3.35. The summed E-state index contributed by atoms with van der Waals surface area (Å²) < 4.78 is 0. The zero-order valence-corrected chi connectivity index (χ0v) is 16.0. The minimum atomic E-state index is 0.475. The fraction of sp³-hybridized carbons (Fsp3) is 1.00. The summed E-state index contributed by atoms with van der Waals surface area (Å²) in [5.41, 5.74) is 0. The van der Waals surface area contributed by atoms with Crippen LogP contribution in [0.2, 0.25) is 0 Å². The molecule has 0 aromatic heterocycles. The van der Waals surface area contributed by atoms with Crippen molar-refractivity contribution in [1.29, 1.82) is 0 Å². The summed E-state index contributed by atoms with van der Waals surface area (Å²) in [6.07, 6.45) is 0. The van der Waals surface area contributed by atoms with Crippen LogP contribution in [0, 0.1) is 0 Å². The van der Waals surface area contributed by atoms with Crippen LogP contribution in [0.5, 0.6) is 0 Å². The molecule has 0 aromatic carbocycles. The van der Waals surface area contributed by atoms with Gasteiger partial charge in [-0.15, -0.1) is 12.6 Å². The molecule has 0 radical (unpaired) electrons. The van der Waals surface area contributed by atoms with E-state index >= 15 is 0 Å². The molecule has 0 aliphatic carbocycles. The minimum Gasteiger partial charge on any atom is -0.179 e.